The summed E-state index contributed by atoms with van der Waals surface area (Å²) in [5, 5.41) is 18.9. The molecule has 1 atom stereocenters. The molecule has 0 aliphatic carbocycles. The van der Waals surface area contributed by atoms with E-state index in [1.165, 1.54) is 6.92 Å². The second kappa shape index (κ2) is 29.5. The Morgan fingerprint density at radius 3 is 1.30 bits per heavy atom. The molecule has 0 N–H and O–H groups in total. The number of hydrogen-bond donors (Lipinski definition) is 0. The van der Waals surface area contributed by atoms with Crippen LogP contribution in [0.25, 0.3) is 0 Å². The van der Waals surface area contributed by atoms with Gasteiger partial charge in [-0.15, -0.1) is 6.10 Å². The van der Waals surface area contributed by atoms with Crippen molar-refractivity contribution in [2.45, 2.75) is 13.0 Å². The van der Waals surface area contributed by atoms with Gasteiger partial charge < -0.3 is 14.9 Å². The van der Waals surface area contributed by atoms with Gasteiger partial charge in [0.15, 0.2) is 0 Å². The Morgan fingerprint density at radius 1 is 1.20 bits per heavy atom. The van der Waals surface area contributed by atoms with E-state index in [0.717, 1.165) is 0 Å². The van der Waals surface area contributed by atoms with Crippen molar-refractivity contribution in [1.29, 1.82) is 0 Å². The van der Waals surface area contributed by atoms with Gasteiger partial charge in [0.2, 0.25) is 0 Å². The third kappa shape index (κ3) is 43.2. The van der Waals surface area contributed by atoms with Crippen molar-refractivity contribution in [1.82, 2.24) is 0 Å². The average Bonchev–Trinajstić information content (AvgIpc) is 1.73. The third-order valence-electron chi connectivity index (χ3n) is 0.235. The first-order valence-corrected chi connectivity index (χ1v) is 1.97. The van der Waals surface area contributed by atoms with E-state index in [1.807, 2.05) is 0 Å². The molecule has 0 aliphatic rings. The van der Waals surface area contributed by atoms with E-state index in [-0.39, 0.29) is 88.7 Å². The van der Waals surface area contributed by atoms with E-state index in [2.05, 4.69) is 11.9 Å². The van der Waals surface area contributed by atoms with E-state index < -0.39 is 12.7 Å². The Kier molecular flexibility index (Phi) is 86.3. The van der Waals surface area contributed by atoms with Gasteiger partial charge in [0, 0.05) is 0 Å². The summed E-state index contributed by atoms with van der Waals surface area (Å²) in [4.78, 5) is 0. The smallest absolute Gasteiger partial charge is 0.855 e. The largest absolute Gasteiger partial charge is 1.00 e. The van der Waals surface area contributed by atoms with Gasteiger partial charge in [-0.25, -0.2) is 11.9 Å². The fourth-order valence-corrected chi connectivity index (χ4v) is 0. The molecule has 0 aromatic rings. The molecule has 0 aliphatic heterocycles. The van der Waals surface area contributed by atoms with Gasteiger partial charge in [-0.1, -0.05) is 6.92 Å². The normalized spacial score (nSPS) is 8.10. The molecule has 0 aromatic carbocycles. The number of rotatable bonds is 1. The minimum atomic E-state index is -0.921. The molecule has 0 bridgehead atoms. The minimum Gasteiger partial charge on any atom is -0.855 e. The van der Waals surface area contributed by atoms with Crippen LogP contribution in [0.4, 0.5) is 0 Å². The van der Waals surface area contributed by atoms with Crippen LogP contribution in [0, 0.1) is 0 Å². The molecule has 7 heteroatoms. The first kappa shape index (κ1) is 29.2. The van der Waals surface area contributed by atoms with Crippen LogP contribution >= 0.6 is 11.9 Å². The van der Waals surface area contributed by atoms with Crippen molar-refractivity contribution in [3.8, 4) is 0 Å². The van der Waals surface area contributed by atoms with Gasteiger partial charge >= 0.3 is 88.7 Å². The second-order valence-corrected chi connectivity index (χ2v) is 0.977. The molecule has 10 heavy (non-hydrogen) atoms. The van der Waals surface area contributed by atoms with Crippen LogP contribution < -0.4 is 104 Å². The Labute approximate surface area is 133 Å². The third-order valence-corrected chi connectivity index (χ3v) is 0.235. The summed E-state index contributed by atoms with van der Waals surface area (Å²) in [5.41, 5.74) is 0. The molecular formula is C3H6ClNa3O3. The molecule has 0 radical (unpaired) electrons. The van der Waals surface area contributed by atoms with Crippen molar-refractivity contribution in [3.05, 3.63) is 0 Å². The van der Waals surface area contributed by atoms with Crippen LogP contribution in [0.3, 0.4) is 0 Å². The van der Waals surface area contributed by atoms with Gasteiger partial charge in [-0.05, 0) is 0 Å². The van der Waals surface area contributed by atoms with Crippen molar-refractivity contribution in [2.75, 3.05) is 6.61 Å². The van der Waals surface area contributed by atoms with E-state index in [4.69, 9.17) is 4.66 Å². The average molecular weight is 195 g/mol. The maximum absolute atomic E-state index is 9.58. The summed E-state index contributed by atoms with van der Waals surface area (Å²) in [6, 6.07) is 0. The molecule has 0 rings (SSSR count). The maximum atomic E-state index is 9.58. The summed E-state index contributed by atoms with van der Waals surface area (Å²) in [5.74, 6) is 0. The van der Waals surface area contributed by atoms with Crippen LogP contribution in [0.5, 0.6) is 0 Å². The molecule has 0 amide bonds. The van der Waals surface area contributed by atoms with Crippen LogP contribution in [0.15, 0.2) is 0 Å². The Morgan fingerprint density at radius 2 is 1.30 bits per heavy atom. The van der Waals surface area contributed by atoms with Gasteiger partial charge in [0.25, 0.3) is 0 Å². The van der Waals surface area contributed by atoms with Gasteiger partial charge in [-0.2, -0.15) is 6.61 Å². The van der Waals surface area contributed by atoms with Gasteiger partial charge in [-0.3, -0.25) is 0 Å². The zero-order valence-corrected chi connectivity index (χ0v) is 13.6. The number of hydrogen-bond acceptors (Lipinski definition) is 3. The molecule has 0 aromatic heterocycles. The van der Waals surface area contributed by atoms with Crippen LogP contribution in [0.1, 0.15) is 6.92 Å². The zero-order valence-electron chi connectivity index (χ0n) is 6.89. The Hall–Kier alpha value is 3.17. The first-order valence-electron chi connectivity index (χ1n) is 1.66. The molecule has 0 saturated carbocycles. The fourth-order valence-electron chi connectivity index (χ4n) is 0. The van der Waals surface area contributed by atoms with Gasteiger partial charge in [0.1, 0.15) is 0 Å². The van der Waals surface area contributed by atoms with Gasteiger partial charge in [0.05, 0.1) is 0 Å². The molecule has 0 saturated heterocycles. The first-order chi connectivity index (χ1) is 3.27. The molecule has 1 unspecified atom stereocenters. The standard InChI is InChI=1S/C3H6O2.ClO.3Na/c1-3(5)2-4;1-2;;;/h3H,2H2,1H3;;;;/q-2;-1;3*+1. The Balaban J connectivity index is -0.0000000154. The van der Waals surface area contributed by atoms with Crippen LogP contribution in [0.2, 0.25) is 0 Å². The maximum Gasteiger partial charge on any atom is 1.00 e. The van der Waals surface area contributed by atoms with Crippen molar-refractivity contribution in [2.24, 2.45) is 0 Å². The van der Waals surface area contributed by atoms with E-state index in [0.29, 0.717) is 0 Å². The summed E-state index contributed by atoms with van der Waals surface area (Å²) in [6.45, 7) is 0.854. The predicted molar refractivity (Wildman–Crippen MR) is 20.2 cm³/mol. The van der Waals surface area contributed by atoms with E-state index in [9.17, 15) is 10.2 Å². The molecule has 0 heterocycles. The van der Waals surface area contributed by atoms with Crippen molar-refractivity contribution in [3.63, 3.8) is 0 Å². The van der Waals surface area contributed by atoms with Crippen molar-refractivity contribution >= 4 is 11.9 Å². The SMILES string of the molecule is CC([O-])C[O-].[Na+].[Na+].[Na+].[O-]Cl. The predicted octanol–water partition coefficient (Wildman–Crippen LogP) is -11.4. The molecule has 0 spiro atoms. The summed E-state index contributed by atoms with van der Waals surface area (Å²) >= 11 is 3.39. The summed E-state index contributed by atoms with van der Waals surface area (Å²) in [6.07, 6.45) is -0.921. The second-order valence-electron chi connectivity index (χ2n) is 0.977. The molecule has 0 fully saturated rings. The molecule has 46 valence electrons. The minimum absolute atomic E-state index is 0. The fraction of sp³-hybridized carbons (Fsp3) is 1.00. The zero-order chi connectivity index (χ0) is 6.28. The molecule has 3 nitrogen and oxygen atoms in total. The monoisotopic (exact) mass is 194 g/mol. The van der Waals surface area contributed by atoms with Crippen molar-refractivity contribution < 1.29 is 104 Å². The summed E-state index contributed by atoms with van der Waals surface area (Å²) < 4.78 is 7.72. The Bertz CT molecular complexity index is 33.0. The van der Waals surface area contributed by atoms with E-state index in [1.54, 1.807) is 0 Å². The van der Waals surface area contributed by atoms with Crippen LogP contribution in [-0.4, -0.2) is 12.7 Å². The quantitative estimate of drug-likeness (QED) is 0.389. The number of halogens is 1. The van der Waals surface area contributed by atoms with Crippen LogP contribution in [-0.2, 0) is 0 Å². The van der Waals surface area contributed by atoms with E-state index >= 15 is 0 Å². The topological polar surface area (TPSA) is 69.2 Å². The summed E-state index contributed by atoms with van der Waals surface area (Å²) in [7, 11) is 0. The molecular weight excluding hydrogens is 188 g/mol.